The maximum Gasteiger partial charge on any atom is 0.226 e. The van der Waals surface area contributed by atoms with Crippen molar-refractivity contribution in [2.75, 3.05) is 13.1 Å². The predicted octanol–water partition coefficient (Wildman–Crippen LogP) is 5.20. The Morgan fingerprint density at radius 2 is 1.87 bits per heavy atom. The van der Waals surface area contributed by atoms with Crippen molar-refractivity contribution in [2.24, 2.45) is 34.5 Å². The minimum absolute atomic E-state index is 0.00266. The molecule has 0 aromatic carbocycles. The zero-order chi connectivity index (χ0) is 21.1. The van der Waals surface area contributed by atoms with E-state index in [1.165, 1.54) is 18.4 Å². The molecule has 4 heteroatoms. The normalized spacial score (nSPS) is 44.9. The summed E-state index contributed by atoms with van der Waals surface area (Å²) in [6.07, 6.45) is 13.8. The number of rotatable bonds is 1. The summed E-state index contributed by atoms with van der Waals surface area (Å²) in [4.78, 5) is 28.0. The highest BCUT2D eigenvalue weighted by Crippen LogP contribution is 2.67. The molecule has 6 atom stereocenters. The number of fused-ring (bicyclic) bond motifs is 5. The molecule has 3 saturated carbocycles. The largest absolute Gasteiger partial charge is 0.515 e. The van der Waals surface area contributed by atoms with Gasteiger partial charge in [-0.1, -0.05) is 19.4 Å². The Morgan fingerprint density at radius 1 is 1.10 bits per heavy atom. The van der Waals surface area contributed by atoms with Gasteiger partial charge in [0, 0.05) is 24.6 Å². The Morgan fingerprint density at radius 3 is 2.60 bits per heavy atom. The van der Waals surface area contributed by atoms with E-state index in [0.717, 1.165) is 64.3 Å². The highest BCUT2D eigenvalue weighted by atomic mass is 16.2. The number of carbonyl (C=O) groups excluding carboxylic acids is 2. The molecule has 5 rings (SSSR count). The molecule has 1 saturated heterocycles. The number of aliphatic hydroxyl groups excluding tert-OH is 1. The molecule has 0 aromatic rings. The van der Waals surface area contributed by atoms with Crippen LogP contribution in [0.1, 0.15) is 78.1 Å². The summed E-state index contributed by atoms with van der Waals surface area (Å²) < 4.78 is 0. The molecular formula is C26H37NO3. The molecule has 1 N–H and O–H groups in total. The van der Waals surface area contributed by atoms with Gasteiger partial charge in [-0.15, -0.1) is 0 Å². The quantitative estimate of drug-likeness (QED) is 0.477. The maximum absolute atomic E-state index is 13.5. The summed E-state index contributed by atoms with van der Waals surface area (Å²) >= 11 is 0. The van der Waals surface area contributed by atoms with Crippen LogP contribution in [0.4, 0.5) is 0 Å². The summed E-state index contributed by atoms with van der Waals surface area (Å²) in [6.45, 7) is 6.67. The van der Waals surface area contributed by atoms with Crippen LogP contribution in [0.5, 0.6) is 0 Å². The lowest BCUT2D eigenvalue weighted by molar-refractivity contribution is -0.143. The first-order chi connectivity index (χ1) is 14.4. The van der Waals surface area contributed by atoms with E-state index in [9.17, 15) is 14.7 Å². The summed E-state index contributed by atoms with van der Waals surface area (Å²) in [7, 11) is 0. The van der Waals surface area contributed by atoms with Gasteiger partial charge < -0.3 is 10.0 Å². The lowest BCUT2D eigenvalue weighted by Crippen LogP contribution is -2.52. The topological polar surface area (TPSA) is 57.6 Å². The van der Waals surface area contributed by atoms with Gasteiger partial charge in [0.25, 0.3) is 0 Å². The van der Waals surface area contributed by atoms with Gasteiger partial charge in [0.2, 0.25) is 5.91 Å². The fraction of sp³-hybridized carbons (Fsp3) is 0.769. The molecule has 1 aliphatic heterocycles. The fourth-order valence-corrected chi connectivity index (χ4v) is 8.39. The van der Waals surface area contributed by atoms with Crippen LogP contribution in [-0.2, 0) is 9.59 Å². The van der Waals surface area contributed by atoms with Crippen molar-refractivity contribution in [1.82, 2.24) is 4.90 Å². The van der Waals surface area contributed by atoms with E-state index in [1.54, 1.807) is 0 Å². The zero-order valence-electron chi connectivity index (χ0n) is 18.7. The number of amides is 1. The minimum Gasteiger partial charge on any atom is -0.515 e. The van der Waals surface area contributed by atoms with Gasteiger partial charge in [0.15, 0.2) is 5.78 Å². The Hall–Kier alpha value is -1.58. The van der Waals surface area contributed by atoms with E-state index in [2.05, 4.69) is 18.7 Å². The van der Waals surface area contributed by atoms with Crippen molar-refractivity contribution >= 4 is 11.7 Å². The average molecular weight is 412 g/mol. The maximum atomic E-state index is 13.5. The molecule has 164 valence electrons. The van der Waals surface area contributed by atoms with Crippen LogP contribution in [0.3, 0.4) is 0 Å². The van der Waals surface area contributed by atoms with Crippen molar-refractivity contribution in [3.63, 3.8) is 0 Å². The number of aliphatic hydroxyl groups is 1. The van der Waals surface area contributed by atoms with Crippen LogP contribution in [-0.4, -0.2) is 34.8 Å². The molecule has 5 aliphatic rings. The van der Waals surface area contributed by atoms with Gasteiger partial charge in [-0.3, -0.25) is 9.59 Å². The van der Waals surface area contributed by atoms with Gasteiger partial charge in [-0.05, 0) is 98.9 Å². The Balaban J connectivity index is 1.41. The standard InChI is InChI=1S/C26H37NO3/c1-25-11-10-21-19(7-6-18-14-23(29)17(16-28)15-26(18,21)2)20(25)8-9-22(25)24(30)27-12-4-3-5-13-27/h14,16,19-22,28H,3-13,15H2,1-2H3/b17-16-/t19?,20?,21?,22-,25+,26+/m1/s1. The zero-order valence-corrected chi connectivity index (χ0v) is 18.7. The smallest absolute Gasteiger partial charge is 0.226 e. The second-order valence-electron chi connectivity index (χ2n) is 11.3. The number of likely N-dealkylation sites (tertiary alicyclic amines) is 1. The highest BCUT2D eigenvalue weighted by molar-refractivity contribution is 6.05. The number of nitrogens with zero attached hydrogens (tertiary/aromatic N) is 1. The van der Waals surface area contributed by atoms with Crippen LogP contribution in [0.15, 0.2) is 23.5 Å². The SMILES string of the molecule is C[C@]12C/C(=C/O)C(=O)C=C1CCC1C2CC[C@@]2(C)C1CC[C@@H]2C(=O)N1CCCCC1. The third-order valence-corrected chi connectivity index (χ3v) is 10.0. The van der Waals surface area contributed by atoms with Crippen LogP contribution >= 0.6 is 0 Å². The van der Waals surface area contributed by atoms with Gasteiger partial charge >= 0.3 is 0 Å². The van der Waals surface area contributed by atoms with Crippen LogP contribution in [0, 0.1) is 34.5 Å². The number of carbonyl (C=O) groups is 2. The van der Waals surface area contributed by atoms with E-state index in [1.807, 2.05) is 6.08 Å². The van der Waals surface area contributed by atoms with Crippen molar-refractivity contribution in [2.45, 2.75) is 78.1 Å². The second-order valence-corrected chi connectivity index (χ2v) is 11.3. The van der Waals surface area contributed by atoms with E-state index in [4.69, 9.17) is 0 Å². The molecule has 0 bridgehead atoms. The fourth-order valence-electron chi connectivity index (χ4n) is 8.39. The number of allylic oxidation sites excluding steroid dienone is 2. The number of hydrogen-bond donors (Lipinski definition) is 1. The van der Waals surface area contributed by atoms with Crippen molar-refractivity contribution in [1.29, 1.82) is 0 Å². The number of ketones is 1. The lowest BCUT2D eigenvalue weighted by atomic mass is 9.46. The highest BCUT2D eigenvalue weighted by Gasteiger charge is 2.60. The molecule has 4 fully saturated rings. The van der Waals surface area contributed by atoms with Crippen molar-refractivity contribution in [3.8, 4) is 0 Å². The third-order valence-electron chi connectivity index (χ3n) is 10.0. The first-order valence-corrected chi connectivity index (χ1v) is 12.3. The van der Waals surface area contributed by atoms with Gasteiger partial charge in [-0.25, -0.2) is 0 Å². The molecule has 30 heavy (non-hydrogen) atoms. The predicted molar refractivity (Wildman–Crippen MR) is 117 cm³/mol. The Bertz CT molecular complexity index is 807. The molecule has 4 nitrogen and oxygen atoms in total. The molecule has 3 unspecified atom stereocenters. The van der Waals surface area contributed by atoms with E-state index in [0.29, 0.717) is 35.7 Å². The number of hydrogen-bond acceptors (Lipinski definition) is 3. The lowest BCUT2D eigenvalue weighted by Gasteiger charge is -2.58. The minimum atomic E-state index is -0.0122. The molecule has 4 aliphatic carbocycles. The van der Waals surface area contributed by atoms with Crippen molar-refractivity contribution < 1.29 is 14.7 Å². The van der Waals surface area contributed by atoms with E-state index >= 15 is 0 Å². The summed E-state index contributed by atoms with van der Waals surface area (Å²) in [5.41, 5.74) is 2.00. The van der Waals surface area contributed by atoms with Crippen LogP contribution in [0.25, 0.3) is 0 Å². The molecule has 0 radical (unpaired) electrons. The summed E-state index contributed by atoms with van der Waals surface area (Å²) in [6, 6.07) is 0. The van der Waals surface area contributed by atoms with Gasteiger partial charge in [-0.2, -0.15) is 0 Å². The molecule has 1 amide bonds. The summed E-state index contributed by atoms with van der Waals surface area (Å²) in [5, 5.41) is 9.62. The second kappa shape index (κ2) is 7.24. The molecule has 0 spiro atoms. The Labute approximate surface area is 180 Å². The number of piperidine rings is 1. The first kappa shape index (κ1) is 20.3. The van der Waals surface area contributed by atoms with E-state index < -0.39 is 0 Å². The third kappa shape index (κ3) is 2.85. The van der Waals surface area contributed by atoms with Crippen LogP contribution < -0.4 is 0 Å². The van der Waals surface area contributed by atoms with E-state index in [-0.39, 0.29) is 22.5 Å². The summed E-state index contributed by atoms with van der Waals surface area (Å²) in [5.74, 6) is 2.45. The van der Waals surface area contributed by atoms with Crippen LogP contribution in [0.2, 0.25) is 0 Å². The molecule has 0 aromatic heterocycles. The average Bonchev–Trinajstić information content (AvgIpc) is 3.11. The van der Waals surface area contributed by atoms with Gasteiger partial charge in [0.05, 0.1) is 6.26 Å². The monoisotopic (exact) mass is 411 g/mol. The first-order valence-electron chi connectivity index (χ1n) is 12.3. The Kier molecular flexibility index (Phi) is 4.91. The van der Waals surface area contributed by atoms with Gasteiger partial charge in [0.1, 0.15) is 0 Å². The molecular weight excluding hydrogens is 374 g/mol. The molecule has 1 heterocycles. The van der Waals surface area contributed by atoms with Crippen molar-refractivity contribution in [3.05, 3.63) is 23.5 Å².